The van der Waals surface area contributed by atoms with E-state index < -0.39 is 36.0 Å². The number of methoxy groups -OCH3 is 2. The highest BCUT2D eigenvalue weighted by atomic mass is 16.7. The number of carboxylic acids is 1. The van der Waals surface area contributed by atoms with Crippen molar-refractivity contribution in [2.24, 2.45) is 0 Å². The number of amides is 2. The second-order valence-electron chi connectivity index (χ2n) is 17.9. The summed E-state index contributed by atoms with van der Waals surface area (Å²) in [5.74, 6) is -1.43. The molecule has 5 aromatic rings. The minimum absolute atomic E-state index is 0.0110. The smallest absolute Gasteiger partial charge is 0.306 e. The van der Waals surface area contributed by atoms with Crippen LogP contribution in [0.2, 0.25) is 0 Å². The molecule has 5 aromatic carbocycles. The molecular formula is C57H64N4O13. The average molecular weight is 1010 g/mol. The van der Waals surface area contributed by atoms with Crippen molar-refractivity contribution in [3.8, 4) is 11.5 Å². The zero-order valence-electron chi connectivity index (χ0n) is 41.9. The Balaban J connectivity index is 0.844. The van der Waals surface area contributed by atoms with E-state index in [1.165, 1.54) is 0 Å². The van der Waals surface area contributed by atoms with Gasteiger partial charge >= 0.3 is 11.9 Å². The van der Waals surface area contributed by atoms with E-state index in [-0.39, 0.29) is 68.6 Å². The van der Waals surface area contributed by atoms with Gasteiger partial charge < -0.3 is 54.8 Å². The van der Waals surface area contributed by atoms with Gasteiger partial charge in [-0.05, 0) is 65.9 Å². The number of benzene rings is 5. The number of unbranched alkanes of at least 4 members (excludes halogenated alkanes) is 3. The molecule has 390 valence electrons. The van der Waals surface area contributed by atoms with Crippen LogP contribution in [-0.2, 0) is 43.7 Å². The summed E-state index contributed by atoms with van der Waals surface area (Å²) in [4.78, 5) is 76.2. The summed E-state index contributed by atoms with van der Waals surface area (Å²) in [6, 6.07) is 35.2. The van der Waals surface area contributed by atoms with E-state index >= 15 is 0 Å². The lowest BCUT2D eigenvalue weighted by Gasteiger charge is -2.37. The fourth-order valence-electron chi connectivity index (χ4n) is 9.18. The number of fused-ring (bicyclic) bond motifs is 2. The summed E-state index contributed by atoms with van der Waals surface area (Å²) in [6.45, 7) is 1.31. The molecule has 1 fully saturated rings. The number of ketones is 2. The van der Waals surface area contributed by atoms with Gasteiger partial charge in [0.1, 0.15) is 29.3 Å². The average Bonchev–Trinajstić information content (AvgIpc) is 3.82. The van der Waals surface area contributed by atoms with Crippen LogP contribution in [0.5, 0.6) is 11.5 Å². The molecule has 17 heteroatoms. The van der Waals surface area contributed by atoms with E-state index in [0.29, 0.717) is 71.2 Å². The molecule has 1 aliphatic carbocycles. The Hall–Kier alpha value is -7.60. The van der Waals surface area contributed by atoms with Gasteiger partial charge in [-0.2, -0.15) is 0 Å². The first-order chi connectivity index (χ1) is 35.9. The van der Waals surface area contributed by atoms with E-state index in [2.05, 4.69) is 21.3 Å². The molecular weight excluding hydrogens is 949 g/mol. The van der Waals surface area contributed by atoms with E-state index in [0.717, 1.165) is 36.0 Å². The molecule has 0 bridgehead atoms. The Morgan fingerprint density at radius 2 is 1.19 bits per heavy atom. The number of anilines is 2. The molecule has 1 aliphatic heterocycles. The molecule has 0 aromatic heterocycles. The summed E-state index contributed by atoms with van der Waals surface area (Å²) in [5.41, 5.74) is 3.64. The molecule has 7 rings (SSSR count). The third-order valence-electron chi connectivity index (χ3n) is 13.0. The summed E-state index contributed by atoms with van der Waals surface area (Å²) in [7, 11) is 4.89. The fraction of sp³-hybridized carbons (Fsp3) is 0.368. The fourth-order valence-corrected chi connectivity index (χ4v) is 9.18. The maximum atomic E-state index is 13.5. The predicted molar refractivity (Wildman–Crippen MR) is 276 cm³/mol. The lowest BCUT2D eigenvalue weighted by molar-refractivity contribution is -0.167. The lowest BCUT2D eigenvalue weighted by Crippen LogP contribution is -2.39. The Morgan fingerprint density at radius 1 is 0.635 bits per heavy atom. The van der Waals surface area contributed by atoms with Gasteiger partial charge in [0.2, 0.25) is 11.8 Å². The Bertz CT molecular complexity index is 2680. The van der Waals surface area contributed by atoms with Gasteiger partial charge in [0.25, 0.3) is 0 Å². The quantitative estimate of drug-likeness (QED) is 0.0183. The lowest BCUT2D eigenvalue weighted by atomic mass is 9.80. The Labute approximate surface area is 430 Å². The second kappa shape index (κ2) is 26.4. The number of hydrogen-bond acceptors (Lipinski definition) is 14. The zero-order valence-corrected chi connectivity index (χ0v) is 41.9. The third kappa shape index (κ3) is 13.5. The number of rotatable bonds is 28. The molecule has 2 aliphatic rings. The number of esters is 1. The van der Waals surface area contributed by atoms with Gasteiger partial charge in [0.15, 0.2) is 17.9 Å². The van der Waals surface area contributed by atoms with Crippen LogP contribution in [-0.4, -0.2) is 113 Å². The molecule has 0 spiro atoms. The van der Waals surface area contributed by atoms with Crippen molar-refractivity contribution in [1.29, 1.82) is 0 Å². The van der Waals surface area contributed by atoms with E-state index in [1.54, 1.807) is 57.7 Å². The van der Waals surface area contributed by atoms with Crippen LogP contribution in [0.15, 0.2) is 115 Å². The number of hydrogen-bond donors (Lipinski definition) is 5. The van der Waals surface area contributed by atoms with E-state index in [1.807, 2.05) is 78.9 Å². The number of carbonyl (C=O) groups is 6. The number of ether oxygens (including phenoxy) is 6. The van der Waals surface area contributed by atoms with Crippen molar-refractivity contribution in [1.82, 2.24) is 10.6 Å². The molecule has 2 amide bonds. The summed E-state index contributed by atoms with van der Waals surface area (Å²) >= 11 is 0. The van der Waals surface area contributed by atoms with Crippen LogP contribution < -0.4 is 30.7 Å². The Kier molecular flexibility index (Phi) is 19.3. The van der Waals surface area contributed by atoms with E-state index in [4.69, 9.17) is 28.4 Å². The van der Waals surface area contributed by atoms with Crippen molar-refractivity contribution in [2.75, 3.05) is 64.7 Å². The topological polar surface area (TPSA) is 226 Å². The van der Waals surface area contributed by atoms with Crippen molar-refractivity contribution in [2.45, 2.75) is 81.9 Å². The normalized spacial score (nSPS) is 15.9. The van der Waals surface area contributed by atoms with Crippen LogP contribution >= 0.6 is 0 Å². The summed E-state index contributed by atoms with van der Waals surface area (Å²) < 4.78 is 36.4. The van der Waals surface area contributed by atoms with Crippen molar-refractivity contribution >= 4 is 46.7 Å². The molecule has 0 radical (unpaired) electrons. The first kappa shape index (κ1) is 54.2. The number of aliphatic carboxylic acids is 1. The van der Waals surface area contributed by atoms with Crippen LogP contribution in [0.1, 0.15) is 106 Å². The Morgan fingerprint density at radius 3 is 1.78 bits per heavy atom. The van der Waals surface area contributed by atoms with Crippen LogP contribution in [0.4, 0.5) is 11.4 Å². The second-order valence-corrected chi connectivity index (χ2v) is 17.9. The largest absolute Gasteiger partial charge is 0.497 e. The van der Waals surface area contributed by atoms with E-state index in [9.17, 15) is 33.9 Å². The SMILES string of the molecule is CNc1ccc(NCCNC(=O)CCC(=O)NCCCCCCO[C@@H]2C[C@H](OC(=O)CCC(=O)O)[C@@H](COC(c3ccccc3)(c3ccc(OC)cc3)c3ccc(OC)cc3)O2)c2c1C(=O)c1ccccc1C2=O. The van der Waals surface area contributed by atoms with Gasteiger partial charge in [0, 0.05) is 75.1 Å². The maximum absolute atomic E-state index is 13.5. The number of nitrogens with one attached hydrogen (secondary N) is 4. The maximum Gasteiger partial charge on any atom is 0.306 e. The zero-order chi connectivity index (χ0) is 52.5. The van der Waals surface area contributed by atoms with Gasteiger partial charge in [-0.15, -0.1) is 0 Å². The van der Waals surface area contributed by atoms with Crippen molar-refractivity contribution in [3.05, 3.63) is 154 Å². The molecule has 1 heterocycles. The molecule has 3 atom stereocenters. The molecule has 17 nitrogen and oxygen atoms in total. The summed E-state index contributed by atoms with van der Waals surface area (Å²) in [5, 5.41) is 21.1. The monoisotopic (exact) mass is 1010 g/mol. The molecule has 0 unspecified atom stereocenters. The van der Waals surface area contributed by atoms with Crippen LogP contribution in [0, 0.1) is 0 Å². The number of carboxylic acid groups (broad SMARTS) is 1. The molecule has 1 saturated heterocycles. The predicted octanol–water partition coefficient (Wildman–Crippen LogP) is 7.42. The first-order valence-corrected chi connectivity index (χ1v) is 24.9. The van der Waals surface area contributed by atoms with Gasteiger partial charge in [0.05, 0.1) is 44.8 Å². The van der Waals surface area contributed by atoms with Gasteiger partial charge in [-0.1, -0.05) is 91.7 Å². The summed E-state index contributed by atoms with van der Waals surface area (Å²) in [6.07, 6.45) is 0.358. The number of carbonyl (C=O) groups excluding carboxylic acids is 5. The van der Waals surface area contributed by atoms with Crippen LogP contribution in [0.25, 0.3) is 0 Å². The first-order valence-electron chi connectivity index (χ1n) is 24.9. The molecule has 0 saturated carbocycles. The third-order valence-corrected chi connectivity index (χ3v) is 13.0. The van der Waals surface area contributed by atoms with Gasteiger partial charge in [-0.25, -0.2) is 0 Å². The minimum atomic E-state index is -1.17. The molecule has 5 N–H and O–H groups in total. The van der Waals surface area contributed by atoms with Crippen LogP contribution in [0.3, 0.4) is 0 Å². The highest BCUT2D eigenvalue weighted by Gasteiger charge is 2.44. The minimum Gasteiger partial charge on any atom is -0.497 e. The standard InChI is InChI=1S/C57H64N4O13/c1-58-44-25-26-45(54-53(44)55(67)42-15-9-10-16-43(42)56(54)68)59-32-33-61-49(63)28-27-48(62)60-31-11-4-5-12-34-71-52-35-46(73-51(66)30-29-50(64)65)47(74-52)36-72-57(37-13-7-6-8-14-37,38-17-21-40(69-2)22-18-38)39-19-23-41(70-3)24-20-39/h6-10,13-26,46-47,52,58-59H,4-5,11-12,27-36H2,1-3H3,(H,60,62)(H,61,63)(H,64,65)/t46-,47+,52-/m0/s1. The highest BCUT2D eigenvalue weighted by molar-refractivity contribution is 6.31. The van der Waals surface area contributed by atoms with Crippen molar-refractivity contribution in [3.63, 3.8) is 0 Å². The van der Waals surface area contributed by atoms with Gasteiger partial charge in [-0.3, -0.25) is 28.8 Å². The molecule has 74 heavy (non-hydrogen) atoms. The highest BCUT2D eigenvalue weighted by Crippen LogP contribution is 2.43. The van der Waals surface area contributed by atoms with Crippen molar-refractivity contribution < 1.29 is 62.3 Å².